The first-order valence-corrected chi connectivity index (χ1v) is 3.64. The van der Waals surface area contributed by atoms with E-state index in [4.69, 9.17) is 0 Å². The normalized spacial score (nSPS) is 4.35. The van der Waals surface area contributed by atoms with Crippen molar-refractivity contribution in [3.05, 3.63) is 48.0 Å². The summed E-state index contributed by atoms with van der Waals surface area (Å²) in [4.78, 5) is 0. The van der Waals surface area contributed by atoms with Crippen molar-refractivity contribution in [1.29, 1.82) is 0 Å². The van der Waals surface area contributed by atoms with E-state index < -0.39 is 0 Å². The molecule has 0 amide bonds. The predicted octanol–water partition coefficient (Wildman–Crippen LogP) is 2.71. The summed E-state index contributed by atoms with van der Waals surface area (Å²) in [7, 11) is 0. The molecule has 0 saturated heterocycles. The topological polar surface area (TPSA) is 0 Å². The van der Waals surface area contributed by atoms with Gasteiger partial charge in [0.05, 0.1) is 0 Å². The van der Waals surface area contributed by atoms with Gasteiger partial charge in [0, 0.05) is 491 Å². The van der Waals surface area contributed by atoms with Gasteiger partial charge in [-0.25, -0.2) is 0 Å². The molecule has 0 nitrogen and oxygen atoms in total. The molecule has 99 valence electrons. The summed E-state index contributed by atoms with van der Waals surface area (Å²) in [5.74, 6) is 0. The van der Waals surface area contributed by atoms with Crippen molar-refractivity contribution in [2.24, 2.45) is 0 Å². The van der Waals surface area contributed by atoms with Crippen molar-refractivity contribution in [2.75, 3.05) is 0 Å². The van der Waals surface area contributed by atoms with Crippen LogP contribution in [0.3, 0.4) is 0 Å². The molecule has 15 heteroatoms. The van der Waals surface area contributed by atoms with Crippen molar-refractivity contribution in [3.63, 3.8) is 0 Å². The van der Waals surface area contributed by atoms with Crippen LogP contribution in [-0.2, 0) is 491 Å². The molecule has 0 N–H and O–H groups in total. The van der Waals surface area contributed by atoms with E-state index in [2.05, 4.69) is 31.2 Å². The first-order valence-electron chi connectivity index (χ1n) is 3.64. The largest absolute Gasteiger partial charge is 0.185 e. The van der Waals surface area contributed by atoms with E-state index in [0.29, 0.717) is 0 Å². The number of hydrogen-bond acceptors (Lipinski definition) is 0. The molecule has 0 aliphatic rings. The van der Waals surface area contributed by atoms with Crippen molar-refractivity contribution < 1.29 is 491 Å². The van der Waals surface area contributed by atoms with E-state index in [1.807, 2.05) is 18.2 Å². The van der Waals surface area contributed by atoms with Gasteiger partial charge in [-0.1, -0.05) is 6.92 Å². The molecule has 0 aromatic heterocycles. The minimum atomic E-state index is 0. The second-order valence-electron chi connectivity index (χ2n) is 2.67. The fourth-order valence-corrected chi connectivity index (χ4v) is 1.18. The van der Waals surface area contributed by atoms with Crippen LogP contribution in [0.2, 0.25) is 0 Å². The Labute approximate surface area is 537 Å². The zero-order valence-electron chi connectivity index (χ0n) is 15.0. The van der Waals surface area contributed by atoms with Crippen molar-refractivity contribution in [1.82, 2.24) is 0 Å². The van der Waals surface area contributed by atoms with Crippen LogP contribution in [0.4, 0.5) is 0 Å². The Kier molecular flexibility index (Phi) is 220. The number of hydrogen-bond donors (Lipinski definition) is 0. The second-order valence-corrected chi connectivity index (χ2v) is 2.67. The summed E-state index contributed by atoms with van der Waals surface area (Å²) in [6.07, 6.45) is 0. The quantitative estimate of drug-likeness (QED) is 0.357. The molecule has 0 aliphatic carbocycles. The molecule has 26 heavy (non-hydrogen) atoms. The van der Waals surface area contributed by atoms with Gasteiger partial charge in [-0.05, 0) is 0 Å². The molecule has 2 rings (SSSR count). The molecule has 0 aliphatic heterocycles. The van der Waals surface area contributed by atoms with E-state index in [0.717, 1.165) is 0 Å². The Balaban J connectivity index is -0.00000000800. The summed E-state index contributed by atoms with van der Waals surface area (Å²) in [6, 6.07) is 16.3. The summed E-state index contributed by atoms with van der Waals surface area (Å²) >= 11 is 0. The average Bonchev–Trinajstić information content (AvgIpc) is 2.04. The van der Waals surface area contributed by atoms with Crippen molar-refractivity contribution in [2.45, 2.75) is 6.92 Å². The maximum atomic E-state index is 3.15. The summed E-state index contributed by atoms with van der Waals surface area (Å²) in [5, 5.41) is 2.47. The zero-order valence-corrected chi connectivity index (χ0v) is 57.6. The Morgan fingerprint density at radius 2 is 0.923 bits per heavy atom. The van der Waals surface area contributed by atoms with Gasteiger partial charge in [-0.2, -0.15) is 58.8 Å². The van der Waals surface area contributed by atoms with Gasteiger partial charge >= 0.3 is 0 Å². The van der Waals surface area contributed by atoms with E-state index in [1.54, 1.807) is 0 Å². The molecule has 2 aromatic carbocycles. The third-order valence-electron chi connectivity index (χ3n) is 1.76. The summed E-state index contributed by atoms with van der Waals surface area (Å²) in [6.45, 7) is 2.05. The van der Waals surface area contributed by atoms with Gasteiger partial charge in [-0.3, -0.25) is 0 Å². The maximum absolute atomic E-state index is 3.15. The third kappa shape index (κ3) is 46.2. The third-order valence-corrected chi connectivity index (χ3v) is 1.76. The van der Waals surface area contributed by atoms with Gasteiger partial charge < -0.3 is 0 Å². The number of fused-ring (bicyclic) bond motifs is 1. The molecule has 0 fully saturated rings. The van der Waals surface area contributed by atoms with Crippen LogP contribution in [0.15, 0.2) is 30.3 Å². The Hall–Kier alpha value is 15.3. The first kappa shape index (κ1) is 90.0. The molecule has 0 heterocycles. The van der Waals surface area contributed by atoms with Crippen LogP contribution in [0.1, 0.15) is 5.56 Å². The summed E-state index contributed by atoms with van der Waals surface area (Å²) in [5.41, 5.74) is 1.18. The molecule has 2 aromatic rings. The van der Waals surface area contributed by atoms with Gasteiger partial charge in [0.15, 0.2) is 0 Å². The predicted molar refractivity (Wildman–Crippen MR) is 46.4 cm³/mol. The molecular weight excluding hydrogens is 1470 g/mol. The van der Waals surface area contributed by atoms with Gasteiger partial charge in [0.25, 0.3) is 0 Å². The molecular formula is C11H8Y15-2. The van der Waals surface area contributed by atoms with Gasteiger partial charge in [-0.15, -0.1) is 0 Å². The SMILES string of the molecule is Cc1[c-]cc2c[c-]ccc2c1.[Y].[Y].[Y].[Y].[Y].[Y].[Y].[Y].[Y].[Y].[Y].[Y].[Y].[Y].[Y]. The van der Waals surface area contributed by atoms with E-state index in [1.165, 1.54) is 16.3 Å². The molecule has 0 spiro atoms. The molecule has 0 unspecified atom stereocenters. The fraction of sp³-hybridized carbons (Fsp3) is 0.0909. The Morgan fingerprint density at radius 1 is 0.538 bits per heavy atom. The Bertz CT molecular complexity index is 400. The minimum Gasteiger partial charge on any atom is -0.185 e. The van der Waals surface area contributed by atoms with Crippen LogP contribution in [0, 0.1) is 19.1 Å². The molecule has 0 bridgehead atoms. The van der Waals surface area contributed by atoms with Gasteiger partial charge in [0.1, 0.15) is 0 Å². The van der Waals surface area contributed by atoms with E-state index >= 15 is 0 Å². The molecule has 0 saturated carbocycles. The smallest absolute Gasteiger partial charge is 0 e. The number of aryl methyl sites for hydroxylation is 1. The average molecular weight is 1470 g/mol. The minimum absolute atomic E-state index is 0. The van der Waals surface area contributed by atoms with E-state index in [-0.39, 0.29) is 491 Å². The van der Waals surface area contributed by atoms with Crippen LogP contribution >= 0.6 is 0 Å². The van der Waals surface area contributed by atoms with Crippen LogP contribution in [0.5, 0.6) is 0 Å². The standard InChI is InChI=1S/C11H8.15Y/c1-9-6-7-10-4-2-3-5-11(10)8-9;;;;;;;;;;;;;;;/h3-5,7-8H,1H3;;;;;;;;;;;;;;;/q-2;;;;;;;;;;;;;;;. The van der Waals surface area contributed by atoms with Gasteiger partial charge in [0.2, 0.25) is 0 Å². The van der Waals surface area contributed by atoms with Crippen molar-refractivity contribution >= 4 is 10.8 Å². The van der Waals surface area contributed by atoms with Crippen LogP contribution in [0.25, 0.3) is 10.8 Å². The van der Waals surface area contributed by atoms with E-state index in [9.17, 15) is 0 Å². The molecule has 15 radical (unpaired) electrons. The summed E-state index contributed by atoms with van der Waals surface area (Å²) < 4.78 is 0. The van der Waals surface area contributed by atoms with Crippen LogP contribution in [-0.4, -0.2) is 0 Å². The monoisotopic (exact) mass is 1470 g/mol. The zero-order chi connectivity index (χ0) is 7.68. The van der Waals surface area contributed by atoms with Crippen LogP contribution < -0.4 is 0 Å². The number of benzene rings is 2. The maximum Gasteiger partial charge on any atom is 0 e. The molecule has 0 atom stereocenters. The van der Waals surface area contributed by atoms with Crippen molar-refractivity contribution in [3.8, 4) is 0 Å². The first-order chi connectivity index (χ1) is 5.36. The Morgan fingerprint density at radius 3 is 1.31 bits per heavy atom. The fourth-order valence-electron chi connectivity index (χ4n) is 1.18. The second kappa shape index (κ2) is 63.5. The number of rotatable bonds is 0.